The minimum absolute atomic E-state index is 0.429. The molecule has 39 heavy (non-hydrogen) atoms. The molecule has 0 bridgehead atoms. The molecule has 0 atom stereocenters. The predicted octanol–water partition coefficient (Wildman–Crippen LogP) is 2.93. The number of ether oxygens (including phenoxy) is 2. The predicted molar refractivity (Wildman–Crippen MR) is 151 cm³/mol. The first-order valence-corrected chi connectivity index (χ1v) is 14.3. The summed E-state index contributed by atoms with van der Waals surface area (Å²) in [5.74, 6) is 2.04. The Balaban J connectivity index is 1.14. The van der Waals surface area contributed by atoms with E-state index in [2.05, 4.69) is 47.5 Å². The fraction of sp³-hybridized carbons (Fsp3) is 0.607. The number of rotatable bonds is 8. The Bertz CT molecular complexity index is 1250. The van der Waals surface area contributed by atoms with Crippen LogP contribution < -0.4 is 25.3 Å². The normalized spacial score (nSPS) is 20.7. The highest BCUT2D eigenvalue weighted by atomic mass is 16.5. The molecule has 210 valence electrons. The molecule has 2 aromatic heterocycles. The monoisotopic (exact) mass is 537 g/mol. The molecule has 5 N–H and O–H groups in total. The van der Waals surface area contributed by atoms with Crippen LogP contribution in [0, 0.1) is 0 Å². The van der Waals surface area contributed by atoms with Gasteiger partial charge in [0.1, 0.15) is 5.75 Å². The maximum absolute atomic E-state index is 11.2. The number of aromatic amines is 2. The molecule has 3 aromatic rings. The van der Waals surface area contributed by atoms with E-state index in [1.807, 2.05) is 6.07 Å². The zero-order valence-electron chi connectivity index (χ0n) is 22.8. The standard InChI is InChI=1S/C28H40N8O3/c1-38-23-17-21(36-11-9-28(37,10-12-36)18-35-13-15-39-16-14-35)7-8-22(23)32-27-33-25-24(29-19-30-25)26(34-27)31-20-5-3-2-4-6-20/h7-8,17,19-20,37H,2-6,9-16,18H2,1H3,(H3,29,30,31,32,33,34)/p+1. The minimum atomic E-state index is -0.645. The van der Waals surface area contributed by atoms with Gasteiger partial charge in [-0.25, -0.2) is 4.98 Å². The quantitative estimate of drug-likeness (QED) is 0.343. The Labute approximate surface area is 229 Å². The van der Waals surface area contributed by atoms with Gasteiger partial charge in [-0.2, -0.15) is 4.98 Å². The number of methoxy groups -OCH3 is 1. The second-order valence-electron chi connectivity index (χ2n) is 11.1. The van der Waals surface area contributed by atoms with E-state index in [1.165, 1.54) is 19.3 Å². The van der Waals surface area contributed by atoms with Crippen molar-refractivity contribution in [3.8, 4) is 5.75 Å². The second kappa shape index (κ2) is 11.5. The number of anilines is 4. The number of H-pyrrole nitrogens is 2. The number of nitrogens with zero attached hydrogens (tertiary/aromatic N) is 4. The number of morpholine rings is 1. The van der Waals surface area contributed by atoms with Crippen molar-refractivity contribution in [3.63, 3.8) is 0 Å². The summed E-state index contributed by atoms with van der Waals surface area (Å²) in [6.45, 7) is 5.62. The van der Waals surface area contributed by atoms with Crippen LogP contribution in [0.25, 0.3) is 11.2 Å². The molecule has 1 aliphatic carbocycles. The first-order valence-electron chi connectivity index (χ1n) is 14.3. The van der Waals surface area contributed by atoms with E-state index in [4.69, 9.17) is 14.5 Å². The average Bonchev–Trinajstić information content (AvgIpc) is 3.44. The van der Waals surface area contributed by atoms with Gasteiger partial charge in [0.05, 0.1) is 31.6 Å². The van der Waals surface area contributed by atoms with Crippen molar-refractivity contribution < 1.29 is 19.6 Å². The Morgan fingerprint density at radius 1 is 1.13 bits per heavy atom. The zero-order chi connectivity index (χ0) is 26.7. The number of fused-ring (bicyclic) bond motifs is 1. The highest BCUT2D eigenvalue weighted by molar-refractivity contribution is 5.82. The third-order valence-electron chi connectivity index (χ3n) is 8.39. The minimum Gasteiger partial charge on any atom is -0.494 e. The van der Waals surface area contributed by atoms with Gasteiger partial charge >= 0.3 is 11.6 Å². The number of aliphatic hydroxyl groups is 1. The van der Waals surface area contributed by atoms with Crippen LogP contribution in [0.3, 0.4) is 0 Å². The molecule has 0 spiro atoms. The molecule has 0 amide bonds. The van der Waals surface area contributed by atoms with Crippen LogP contribution in [-0.2, 0) is 4.74 Å². The molecule has 2 saturated heterocycles. The number of imidazole rings is 1. The van der Waals surface area contributed by atoms with Gasteiger partial charge in [-0.15, -0.1) is 0 Å². The van der Waals surface area contributed by atoms with Crippen LogP contribution in [-0.4, -0.2) is 89.6 Å². The molecule has 2 aliphatic heterocycles. The summed E-state index contributed by atoms with van der Waals surface area (Å²) in [4.78, 5) is 20.6. The van der Waals surface area contributed by atoms with Crippen LogP contribution in [0.5, 0.6) is 5.75 Å². The van der Waals surface area contributed by atoms with Crippen LogP contribution in [0.2, 0.25) is 0 Å². The van der Waals surface area contributed by atoms with Gasteiger partial charge < -0.3 is 30.1 Å². The lowest BCUT2D eigenvalue weighted by Crippen LogP contribution is -2.53. The van der Waals surface area contributed by atoms with Crippen molar-refractivity contribution in [3.05, 3.63) is 24.5 Å². The van der Waals surface area contributed by atoms with Crippen molar-refractivity contribution in [2.75, 3.05) is 68.6 Å². The third-order valence-corrected chi connectivity index (χ3v) is 8.39. The zero-order valence-corrected chi connectivity index (χ0v) is 22.8. The van der Waals surface area contributed by atoms with E-state index in [0.29, 0.717) is 12.0 Å². The molecule has 11 nitrogen and oxygen atoms in total. The van der Waals surface area contributed by atoms with Crippen LogP contribution in [0.4, 0.5) is 23.1 Å². The van der Waals surface area contributed by atoms with Crippen molar-refractivity contribution in [2.45, 2.75) is 56.6 Å². The number of hydrogen-bond acceptors (Lipinski definition) is 9. The first-order chi connectivity index (χ1) is 19.1. The Kier molecular flexibility index (Phi) is 7.71. The number of benzene rings is 1. The van der Waals surface area contributed by atoms with Gasteiger partial charge in [-0.3, -0.25) is 9.88 Å². The summed E-state index contributed by atoms with van der Waals surface area (Å²) >= 11 is 0. The van der Waals surface area contributed by atoms with Gasteiger partial charge in [0.2, 0.25) is 5.52 Å². The molecule has 3 fully saturated rings. The highest BCUT2D eigenvalue weighted by Crippen LogP contribution is 2.35. The fourth-order valence-electron chi connectivity index (χ4n) is 6.09. The van der Waals surface area contributed by atoms with Crippen LogP contribution in [0.1, 0.15) is 44.9 Å². The lowest BCUT2D eigenvalue weighted by Gasteiger charge is -2.42. The topological polar surface area (TPSA) is 125 Å². The van der Waals surface area contributed by atoms with Crippen molar-refractivity contribution >= 4 is 34.3 Å². The summed E-state index contributed by atoms with van der Waals surface area (Å²) in [5, 5.41) is 18.2. The number of hydrogen-bond donors (Lipinski definition) is 4. The number of nitrogens with one attached hydrogen (secondary N) is 4. The molecular weight excluding hydrogens is 496 g/mol. The van der Waals surface area contributed by atoms with Gasteiger partial charge in [0.15, 0.2) is 12.1 Å². The number of piperidine rings is 1. The van der Waals surface area contributed by atoms with Crippen molar-refractivity contribution in [1.82, 2.24) is 19.9 Å². The van der Waals surface area contributed by atoms with Crippen molar-refractivity contribution in [1.29, 1.82) is 0 Å². The molecule has 0 unspecified atom stereocenters. The maximum atomic E-state index is 11.2. The van der Waals surface area contributed by atoms with E-state index >= 15 is 0 Å². The molecule has 11 heteroatoms. The SMILES string of the molecule is COc1cc(N2CCC(O)(CN3CCOCC3)CC2)ccc1Nc1nc(NC2CCCCC2)c2[nH]c[nH+]c2n1. The molecule has 1 aromatic carbocycles. The summed E-state index contributed by atoms with van der Waals surface area (Å²) in [7, 11) is 1.68. The Morgan fingerprint density at radius 3 is 2.69 bits per heavy atom. The highest BCUT2D eigenvalue weighted by Gasteiger charge is 2.34. The molecule has 3 aliphatic rings. The van der Waals surface area contributed by atoms with Crippen LogP contribution in [0.15, 0.2) is 24.5 Å². The first kappa shape index (κ1) is 26.1. The van der Waals surface area contributed by atoms with Gasteiger partial charge in [-0.05, 0) is 37.8 Å². The number of β-amino-alcohol motifs (C(OH)–C–C–N with tert-alkyl or cyclic N) is 1. The lowest BCUT2D eigenvalue weighted by molar-refractivity contribution is -0.347. The fourth-order valence-corrected chi connectivity index (χ4v) is 6.09. The Hall–Kier alpha value is -3.15. The van der Waals surface area contributed by atoms with E-state index in [-0.39, 0.29) is 0 Å². The van der Waals surface area contributed by atoms with Crippen molar-refractivity contribution in [2.24, 2.45) is 0 Å². The van der Waals surface area contributed by atoms with E-state index in [0.717, 1.165) is 106 Å². The maximum Gasteiger partial charge on any atom is 0.307 e. The summed E-state index contributed by atoms with van der Waals surface area (Å²) in [6, 6.07) is 6.60. The lowest BCUT2D eigenvalue weighted by atomic mass is 9.90. The molecule has 6 rings (SSSR count). The molecule has 4 heterocycles. The Morgan fingerprint density at radius 2 is 1.92 bits per heavy atom. The van der Waals surface area contributed by atoms with Crippen LogP contribution >= 0.6 is 0 Å². The largest absolute Gasteiger partial charge is 0.494 e. The average molecular weight is 538 g/mol. The summed E-state index contributed by atoms with van der Waals surface area (Å²) in [5.41, 5.74) is 2.88. The van der Waals surface area contributed by atoms with E-state index in [9.17, 15) is 5.11 Å². The van der Waals surface area contributed by atoms with Gasteiger partial charge in [0, 0.05) is 50.5 Å². The summed E-state index contributed by atoms with van der Waals surface area (Å²) in [6.07, 6.45) is 9.40. The smallest absolute Gasteiger partial charge is 0.307 e. The summed E-state index contributed by atoms with van der Waals surface area (Å²) < 4.78 is 11.2. The number of aromatic nitrogens is 4. The molecule has 0 radical (unpaired) electrons. The molecule has 1 saturated carbocycles. The van der Waals surface area contributed by atoms with Gasteiger partial charge in [-0.1, -0.05) is 24.2 Å². The van der Waals surface area contributed by atoms with E-state index < -0.39 is 5.60 Å². The third kappa shape index (κ3) is 6.05. The molecular formula is C28H41N8O3+. The van der Waals surface area contributed by atoms with Gasteiger partial charge in [0.25, 0.3) is 0 Å². The van der Waals surface area contributed by atoms with E-state index in [1.54, 1.807) is 13.4 Å². The second-order valence-corrected chi connectivity index (χ2v) is 11.1.